The molecule has 1 atom stereocenters. The smallest absolute Gasteiger partial charge is 0.269 e. The predicted octanol–water partition coefficient (Wildman–Crippen LogP) is 2.13. The van der Waals surface area contributed by atoms with E-state index < -0.39 is 12.0 Å². The van der Waals surface area contributed by atoms with Crippen LogP contribution in [0, 0.1) is 11.3 Å². The van der Waals surface area contributed by atoms with E-state index in [2.05, 4.69) is 25.4 Å². The van der Waals surface area contributed by atoms with Gasteiger partial charge in [-0.2, -0.15) is 10.4 Å². The molecule has 0 saturated heterocycles. The van der Waals surface area contributed by atoms with E-state index >= 15 is 0 Å². The molecule has 0 radical (unpaired) electrons. The van der Waals surface area contributed by atoms with Crippen molar-refractivity contribution in [2.24, 2.45) is 0 Å². The number of hydrogen-bond donors (Lipinski definition) is 2. The maximum atomic E-state index is 12.9. The molecule has 3 aromatic heterocycles. The van der Waals surface area contributed by atoms with Crippen molar-refractivity contribution in [1.29, 1.82) is 5.26 Å². The Labute approximate surface area is 198 Å². The average molecular weight is 480 g/mol. The normalized spacial score (nSPS) is 11.7. The van der Waals surface area contributed by atoms with Crippen LogP contribution in [0.15, 0.2) is 55.1 Å². The summed E-state index contributed by atoms with van der Waals surface area (Å²) in [4.78, 5) is 25.4. The van der Waals surface area contributed by atoms with Crippen LogP contribution in [0.4, 0.5) is 5.82 Å². The molecule has 0 spiro atoms. The Kier molecular flexibility index (Phi) is 7.24. The van der Waals surface area contributed by atoms with E-state index in [1.807, 2.05) is 12.1 Å². The van der Waals surface area contributed by atoms with Crippen LogP contribution in [0.2, 0.25) is 5.02 Å². The molecule has 0 aliphatic carbocycles. The monoisotopic (exact) mass is 479 g/mol. The van der Waals surface area contributed by atoms with Crippen molar-refractivity contribution in [2.75, 3.05) is 25.1 Å². The van der Waals surface area contributed by atoms with Gasteiger partial charge in [-0.3, -0.25) is 4.79 Å². The highest BCUT2D eigenvalue weighted by atomic mass is 35.5. The van der Waals surface area contributed by atoms with Gasteiger partial charge in [0.05, 0.1) is 42.3 Å². The third-order valence-electron chi connectivity index (χ3n) is 4.60. The molecule has 1 amide bonds. The number of nitrogens with zero attached hydrogens (tertiary/aromatic N) is 6. The third-order valence-corrected chi connectivity index (χ3v) is 4.92. The maximum Gasteiger partial charge on any atom is 0.269 e. The van der Waals surface area contributed by atoms with Gasteiger partial charge in [0, 0.05) is 6.20 Å². The molecule has 12 heteroatoms. The molecular weight excluding hydrogens is 462 g/mol. The van der Waals surface area contributed by atoms with Gasteiger partial charge in [0.2, 0.25) is 12.0 Å². The number of hydrogen-bond acceptors (Lipinski definition) is 9. The van der Waals surface area contributed by atoms with Gasteiger partial charge in [-0.15, -0.1) is 0 Å². The SMILES string of the molecule is N#Cc1ccc(NC(=O)[C@@H](COCCO)Oc2ncnc3c2cnn3-c2ccccc2Cl)nc1. The number of ether oxygens (including phenoxy) is 2. The number of carbonyl (C=O) groups is 1. The highest BCUT2D eigenvalue weighted by Crippen LogP contribution is 2.27. The number of pyridine rings is 1. The molecule has 4 aromatic rings. The zero-order valence-electron chi connectivity index (χ0n) is 17.6. The minimum atomic E-state index is -1.13. The summed E-state index contributed by atoms with van der Waals surface area (Å²) < 4.78 is 12.8. The maximum absolute atomic E-state index is 12.9. The number of carbonyl (C=O) groups excluding carboxylic acids is 1. The molecule has 0 bridgehead atoms. The number of nitrogens with one attached hydrogen (secondary N) is 1. The highest BCUT2D eigenvalue weighted by molar-refractivity contribution is 6.32. The lowest BCUT2D eigenvalue weighted by Crippen LogP contribution is -2.37. The van der Waals surface area contributed by atoms with Gasteiger partial charge in [-0.05, 0) is 24.3 Å². The van der Waals surface area contributed by atoms with Gasteiger partial charge in [0.25, 0.3) is 5.91 Å². The van der Waals surface area contributed by atoms with E-state index in [4.69, 9.17) is 31.4 Å². The number of anilines is 1. The number of aliphatic hydroxyl groups excluding tert-OH is 1. The van der Waals surface area contributed by atoms with Crippen molar-refractivity contribution in [1.82, 2.24) is 24.7 Å². The summed E-state index contributed by atoms with van der Waals surface area (Å²) in [6, 6.07) is 12.1. The Bertz CT molecular complexity index is 1340. The van der Waals surface area contributed by atoms with Crippen LogP contribution in [0.5, 0.6) is 5.88 Å². The van der Waals surface area contributed by atoms with Crippen LogP contribution in [-0.4, -0.2) is 61.7 Å². The van der Waals surface area contributed by atoms with Crippen molar-refractivity contribution >= 4 is 34.4 Å². The highest BCUT2D eigenvalue weighted by Gasteiger charge is 2.24. The molecule has 0 aliphatic rings. The fourth-order valence-electron chi connectivity index (χ4n) is 3.01. The second kappa shape index (κ2) is 10.7. The summed E-state index contributed by atoms with van der Waals surface area (Å²) >= 11 is 6.30. The van der Waals surface area contributed by atoms with Gasteiger partial charge >= 0.3 is 0 Å². The molecule has 3 heterocycles. The minimum absolute atomic E-state index is 0.0197. The first-order valence-corrected chi connectivity index (χ1v) is 10.4. The van der Waals surface area contributed by atoms with Crippen LogP contribution < -0.4 is 10.1 Å². The first kappa shape index (κ1) is 23.1. The molecule has 0 unspecified atom stereocenters. The van der Waals surface area contributed by atoms with Crippen LogP contribution in [0.25, 0.3) is 16.7 Å². The topological polar surface area (TPSA) is 148 Å². The lowest BCUT2D eigenvalue weighted by atomic mass is 10.3. The van der Waals surface area contributed by atoms with Crippen molar-refractivity contribution in [2.45, 2.75) is 6.10 Å². The summed E-state index contributed by atoms with van der Waals surface area (Å²) in [5.74, 6) is -0.205. The van der Waals surface area contributed by atoms with E-state index in [9.17, 15) is 4.79 Å². The molecule has 2 N–H and O–H groups in total. The quantitative estimate of drug-likeness (QED) is 0.344. The van der Waals surface area contributed by atoms with Gasteiger partial charge in [-0.1, -0.05) is 23.7 Å². The Hall–Kier alpha value is -4.11. The van der Waals surface area contributed by atoms with E-state index in [0.29, 0.717) is 27.3 Å². The first-order chi connectivity index (χ1) is 16.6. The van der Waals surface area contributed by atoms with Gasteiger partial charge < -0.3 is 19.9 Å². The molecule has 0 fully saturated rings. The fraction of sp³-hybridized carbons (Fsp3) is 0.182. The molecule has 172 valence electrons. The Morgan fingerprint density at radius 3 is 2.79 bits per heavy atom. The number of aliphatic hydroxyl groups is 1. The van der Waals surface area contributed by atoms with Crippen molar-refractivity contribution in [3.8, 4) is 17.6 Å². The zero-order chi connectivity index (χ0) is 23.9. The third kappa shape index (κ3) is 5.10. The molecule has 0 aliphatic heterocycles. The number of halogens is 1. The average Bonchev–Trinajstić information content (AvgIpc) is 3.29. The first-order valence-electron chi connectivity index (χ1n) is 10.1. The van der Waals surface area contributed by atoms with Crippen molar-refractivity contribution in [3.63, 3.8) is 0 Å². The van der Waals surface area contributed by atoms with E-state index in [0.717, 1.165) is 0 Å². The molecule has 4 rings (SSSR count). The van der Waals surface area contributed by atoms with Gasteiger partial charge in [0.1, 0.15) is 23.6 Å². The Balaban J connectivity index is 1.60. The number of aromatic nitrogens is 5. The summed E-state index contributed by atoms with van der Waals surface area (Å²) in [5.41, 5.74) is 1.41. The number of para-hydroxylation sites is 1. The number of amides is 1. The molecule has 11 nitrogen and oxygen atoms in total. The number of rotatable bonds is 9. The summed E-state index contributed by atoms with van der Waals surface area (Å²) in [6.45, 7) is -0.355. The lowest BCUT2D eigenvalue weighted by Gasteiger charge is -2.18. The largest absolute Gasteiger partial charge is 0.461 e. The summed E-state index contributed by atoms with van der Waals surface area (Å²) in [7, 11) is 0. The fourth-order valence-corrected chi connectivity index (χ4v) is 3.23. The lowest BCUT2D eigenvalue weighted by molar-refractivity contribution is -0.125. The molecule has 0 saturated carbocycles. The minimum Gasteiger partial charge on any atom is -0.461 e. The van der Waals surface area contributed by atoms with Crippen molar-refractivity contribution in [3.05, 3.63) is 65.7 Å². The number of nitriles is 1. The van der Waals surface area contributed by atoms with Crippen LogP contribution in [-0.2, 0) is 9.53 Å². The van der Waals surface area contributed by atoms with E-state index in [1.165, 1.54) is 30.9 Å². The van der Waals surface area contributed by atoms with Gasteiger partial charge in [0.15, 0.2) is 5.65 Å². The van der Waals surface area contributed by atoms with Gasteiger partial charge in [-0.25, -0.2) is 19.6 Å². The Morgan fingerprint density at radius 2 is 2.06 bits per heavy atom. The standard InChI is InChI=1S/C22H18ClN7O4/c23-16-3-1-2-4-17(16)30-20-15(11-28-30)22(27-13-26-20)34-18(12-33-8-7-31)21(32)29-19-6-5-14(9-24)10-25-19/h1-6,10-11,13,18,31H,7-8,12H2,(H,25,29,32)/t18-/m1/s1. The van der Waals surface area contributed by atoms with Crippen LogP contribution >= 0.6 is 11.6 Å². The van der Waals surface area contributed by atoms with Crippen LogP contribution in [0.3, 0.4) is 0 Å². The van der Waals surface area contributed by atoms with E-state index in [-0.39, 0.29) is 31.5 Å². The molecular formula is C22H18ClN7O4. The summed E-state index contributed by atoms with van der Waals surface area (Å²) in [6.07, 6.45) is 3.01. The second-order valence-electron chi connectivity index (χ2n) is 6.86. The van der Waals surface area contributed by atoms with Crippen LogP contribution in [0.1, 0.15) is 5.56 Å². The predicted molar refractivity (Wildman–Crippen MR) is 122 cm³/mol. The van der Waals surface area contributed by atoms with Crippen molar-refractivity contribution < 1.29 is 19.4 Å². The zero-order valence-corrected chi connectivity index (χ0v) is 18.4. The number of fused-ring (bicyclic) bond motifs is 1. The number of benzene rings is 1. The Morgan fingerprint density at radius 1 is 1.21 bits per heavy atom. The summed E-state index contributed by atoms with van der Waals surface area (Å²) in [5, 5.41) is 25.8. The van der Waals surface area contributed by atoms with E-state index in [1.54, 1.807) is 22.9 Å². The second-order valence-corrected chi connectivity index (χ2v) is 7.27. The molecule has 1 aromatic carbocycles. The molecule has 34 heavy (non-hydrogen) atoms.